The Kier molecular flexibility index (Phi) is 32.5. The van der Waals surface area contributed by atoms with Gasteiger partial charge >= 0.3 is 5.97 Å². The monoisotopic (exact) mass is 1390 g/mol. The number of unbranched alkanes of at least 4 members (excludes halogenated alkanes) is 4. The lowest BCUT2D eigenvalue weighted by Gasteiger charge is -2.29. The maximum Gasteiger partial charge on any atom is 0.326 e. The molecule has 6 aromatic rings. The van der Waals surface area contributed by atoms with E-state index in [-0.39, 0.29) is 76.3 Å². The van der Waals surface area contributed by atoms with E-state index in [9.17, 15) is 53.1 Å². The molecule has 0 unspecified atom stereocenters. The zero-order chi connectivity index (χ0) is 72.8. The molecule has 3 aromatic carbocycles. The smallest absolute Gasteiger partial charge is 0.326 e. The number of carbonyl (C=O) groups is 10. The second-order valence-electron chi connectivity index (χ2n) is 26.8. The van der Waals surface area contributed by atoms with Crippen LogP contribution in [0.2, 0.25) is 0 Å². The molecule has 10 atom stereocenters. The summed E-state index contributed by atoms with van der Waals surface area (Å²) in [7, 11) is 0. The molecule has 0 aliphatic carbocycles. The highest BCUT2D eigenvalue weighted by molar-refractivity contribution is 5.99. The van der Waals surface area contributed by atoms with Gasteiger partial charge < -0.3 is 96.6 Å². The number of H-pyrrole nitrogens is 3. The first-order valence-electron chi connectivity index (χ1n) is 35.1. The quantitative estimate of drug-likeness (QED) is 0.0244. The Morgan fingerprint density at radius 2 is 0.630 bits per heavy atom. The number of benzene rings is 3. The lowest BCUT2D eigenvalue weighted by atomic mass is 9.98. The van der Waals surface area contributed by atoms with Gasteiger partial charge in [-0.1, -0.05) is 88.7 Å². The van der Waals surface area contributed by atoms with Crippen molar-refractivity contribution >= 4 is 91.8 Å². The predicted molar refractivity (Wildman–Crippen MR) is 385 cm³/mol. The highest BCUT2D eigenvalue weighted by Gasteiger charge is 2.37. The van der Waals surface area contributed by atoms with E-state index < -0.39 is 120 Å². The van der Waals surface area contributed by atoms with E-state index in [0.717, 1.165) is 32.7 Å². The van der Waals surface area contributed by atoms with E-state index in [4.69, 9.17) is 28.7 Å². The number of aromatic nitrogens is 3. The van der Waals surface area contributed by atoms with Crippen LogP contribution in [0, 0.1) is 11.8 Å². The van der Waals surface area contributed by atoms with E-state index in [1.807, 2.05) is 100 Å². The number of carboxylic acids is 1. The average molecular weight is 1390 g/mol. The first-order valence-corrected chi connectivity index (χ1v) is 35.1. The molecule has 6 rings (SSSR count). The van der Waals surface area contributed by atoms with Gasteiger partial charge in [0.05, 0.1) is 6.04 Å². The van der Waals surface area contributed by atoms with Crippen LogP contribution in [0.1, 0.15) is 141 Å². The van der Waals surface area contributed by atoms with Crippen LogP contribution in [0.5, 0.6) is 0 Å². The normalized spacial score (nSPS) is 14.6. The predicted octanol–water partition coefficient (Wildman–Crippen LogP) is 2.56. The number of aromatic amines is 3. The fourth-order valence-corrected chi connectivity index (χ4v) is 12.1. The number of carbonyl (C=O) groups excluding carboxylic acids is 9. The van der Waals surface area contributed by atoms with Gasteiger partial charge in [0.25, 0.3) is 0 Å². The summed E-state index contributed by atoms with van der Waals surface area (Å²) in [5.41, 5.74) is 33.9. The van der Waals surface area contributed by atoms with Crippen LogP contribution in [-0.4, -0.2) is 166 Å². The van der Waals surface area contributed by atoms with Gasteiger partial charge in [-0.25, -0.2) is 4.79 Å². The second-order valence-corrected chi connectivity index (χ2v) is 26.8. The van der Waals surface area contributed by atoms with E-state index in [0.29, 0.717) is 87.6 Å². The van der Waals surface area contributed by atoms with Crippen LogP contribution in [0.15, 0.2) is 91.4 Å². The minimum absolute atomic E-state index is 0.0378. The van der Waals surface area contributed by atoms with Crippen LogP contribution in [0.4, 0.5) is 0 Å². The number of rotatable bonds is 45. The van der Waals surface area contributed by atoms with Crippen molar-refractivity contribution in [1.29, 1.82) is 0 Å². The third-order valence-corrected chi connectivity index (χ3v) is 17.7. The van der Waals surface area contributed by atoms with Crippen molar-refractivity contribution in [2.24, 2.45) is 40.5 Å². The highest BCUT2D eigenvalue weighted by atomic mass is 16.4. The molecular weight excluding hydrogens is 1280 g/mol. The summed E-state index contributed by atoms with van der Waals surface area (Å²) in [5, 5.41) is 37.7. The number of nitrogens with one attached hydrogen (secondary N) is 12. The minimum Gasteiger partial charge on any atom is -0.480 e. The van der Waals surface area contributed by atoms with Crippen molar-refractivity contribution in [2.45, 2.75) is 204 Å². The second kappa shape index (κ2) is 40.7. The molecule has 0 radical (unpaired) electrons. The Balaban J connectivity index is 1.23. The Hall–Kier alpha value is -9.22. The van der Waals surface area contributed by atoms with Gasteiger partial charge in [0, 0.05) is 70.6 Å². The van der Waals surface area contributed by atoms with E-state index in [1.54, 1.807) is 18.6 Å². The molecule has 0 spiro atoms. The van der Waals surface area contributed by atoms with Gasteiger partial charge in [0.15, 0.2) is 0 Å². The van der Waals surface area contributed by atoms with Gasteiger partial charge in [-0.3, -0.25) is 43.2 Å². The van der Waals surface area contributed by atoms with E-state index >= 15 is 0 Å². The highest BCUT2D eigenvalue weighted by Crippen LogP contribution is 2.23. The van der Waals surface area contributed by atoms with Crippen molar-refractivity contribution < 1.29 is 53.1 Å². The summed E-state index contributed by atoms with van der Waals surface area (Å²) in [4.78, 5) is 152. The van der Waals surface area contributed by atoms with Crippen molar-refractivity contribution in [3.63, 3.8) is 0 Å². The maximum absolute atomic E-state index is 15.0. The van der Waals surface area contributed by atoms with Crippen LogP contribution in [0.3, 0.4) is 0 Å². The number of fused-ring (bicyclic) bond motifs is 3. The molecule has 0 aliphatic rings. The van der Waals surface area contributed by atoms with Crippen molar-refractivity contribution in [3.8, 4) is 0 Å². The van der Waals surface area contributed by atoms with Gasteiger partial charge in [-0.2, -0.15) is 0 Å². The Morgan fingerprint density at radius 3 is 0.980 bits per heavy atom. The van der Waals surface area contributed by atoms with Crippen LogP contribution >= 0.6 is 0 Å². The molecule has 23 N–H and O–H groups in total. The number of hydrogen-bond acceptors (Lipinski definition) is 15. The lowest BCUT2D eigenvalue weighted by molar-refractivity contribution is -0.142. The number of amides is 9. The molecule has 28 heteroatoms. The summed E-state index contributed by atoms with van der Waals surface area (Å²) >= 11 is 0. The first kappa shape index (κ1) is 79.8. The van der Waals surface area contributed by atoms with Crippen LogP contribution in [0.25, 0.3) is 32.7 Å². The SMILES string of the molecule is CC(C)C[C@H](NC(=O)[C@H](CCCCN)NC(=O)[C@H](CC(C)C)NC(=O)[C@H](Cc1c[nH]c2ccccc12)NC(=O)[C@H](CCCCN)NC(=O)[C@@H](N)CCCCN)C(=O)N[C@@H](Cc1c[nH]c2ccccc12)C(=O)N[C@@H](CCCCN)C(=O)N[C@@H](C)C(=O)N[C@@H](Cc1c[nH]c2ccccc12)C(=O)O. The summed E-state index contributed by atoms with van der Waals surface area (Å²) in [5.74, 6) is -8.19. The number of hydrogen-bond donors (Lipinski definition) is 18. The molecule has 100 heavy (non-hydrogen) atoms. The van der Waals surface area contributed by atoms with Gasteiger partial charge in [0.1, 0.15) is 54.4 Å². The molecule has 0 saturated carbocycles. The summed E-state index contributed by atoms with van der Waals surface area (Å²) in [6.45, 7) is 10.1. The average Bonchev–Trinajstić information content (AvgIpc) is 1.64. The number of nitrogens with two attached hydrogens (primary N) is 5. The number of para-hydroxylation sites is 3. The molecule has 3 aromatic heterocycles. The van der Waals surface area contributed by atoms with Gasteiger partial charge in [-0.05, 0) is 163 Å². The number of carboxylic acid groups (broad SMARTS) is 1. The first-order chi connectivity index (χ1) is 47.9. The third kappa shape index (κ3) is 24.6. The summed E-state index contributed by atoms with van der Waals surface area (Å²) in [6, 6.07) is 9.64. The molecule has 9 amide bonds. The van der Waals surface area contributed by atoms with Crippen LogP contribution < -0.4 is 76.5 Å². The molecule has 0 bridgehead atoms. The topological polar surface area (TPSA) is 477 Å². The van der Waals surface area contributed by atoms with Crippen molar-refractivity contribution in [1.82, 2.24) is 62.8 Å². The Morgan fingerprint density at radius 1 is 0.350 bits per heavy atom. The van der Waals surface area contributed by atoms with Crippen molar-refractivity contribution in [2.75, 3.05) is 26.2 Å². The van der Waals surface area contributed by atoms with Crippen molar-refractivity contribution in [3.05, 3.63) is 108 Å². The molecule has 0 fully saturated rings. The van der Waals surface area contributed by atoms with E-state index in [1.165, 1.54) is 6.92 Å². The molecule has 0 saturated heterocycles. The molecule has 0 aliphatic heterocycles. The molecular formula is C72H107N17O11. The number of aliphatic carboxylic acids is 1. The zero-order valence-corrected chi connectivity index (χ0v) is 58.4. The van der Waals surface area contributed by atoms with Gasteiger partial charge in [-0.15, -0.1) is 0 Å². The van der Waals surface area contributed by atoms with E-state index in [2.05, 4.69) is 62.8 Å². The minimum atomic E-state index is -1.38. The Bertz CT molecular complexity index is 3660. The third-order valence-electron chi connectivity index (χ3n) is 17.7. The maximum atomic E-state index is 15.0. The molecule has 3 heterocycles. The fourth-order valence-electron chi connectivity index (χ4n) is 12.1. The molecule has 546 valence electrons. The lowest BCUT2D eigenvalue weighted by Crippen LogP contribution is -2.61. The summed E-state index contributed by atoms with van der Waals surface area (Å²) < 4.78 is 0. The largest absolute Gasteiger partial charge is 0.480 e. The Labute approximate surface area is 584 Å². The van der Waals surface area contributed by atoms with Crippen LogP contribution in [-0.2, 0) is 67.2 Å². The zero-order valence-electron chi connectivity index (χ0n) is 58.4. The van der Waals surface area contributed by atoms with Gasteiger partial charge in [0.2, 0.25) is 53.2 Å². The molecule has 28 nitrogen and oxygen atoms in total. The fraction of sp³-hybridized carbons (Fsp3) is 0.528. The summed E-state index contributed by atoms with van der Waals surface area (Å²) in [6.07, 6.45) is 9.67. The standard InChI is InChI=1S/C72H107N17O11/c1-42(2)34-58(86-71(98)61(37-46-40-79-53-25-10-7-21-49(46)53)87-66(93)56(28-14-18-32-75)82-64(91)51(77)23-12-16-30-73)68(95)84-57(29-15-19-33-76)67(94)85-59(35-43(3)4)69(96)88-60(36-45-39-78-52-24-9-6-20-48(45)52)70(97)83-55(27-13-17-31-74)65(92)81-44(5)63(90)89-62(72(99)100)38-47-41-80-54-26-11-8-22-50(47)54/h6-11,20-22,24-26,39-44,51,55-62,78-80H,12-19,23,27-38,73-77H2,1-5H3,(H,81,92)(H,82,91)(H,83,97)(H,84,95)(H,85,94)(H,86,98)(H,87,93)(H,88,96)(H,89,90)(H,99,100)/t44-,51-,55-,56-,57-,58-,59-,60-,61-,62-/m0/s1.